The van der Waals surface area contributed by atoms with E-state index in [0.717, 1.165) is 129 Å². The minimum absolute atomic E-state index is 0.351. The smallest absolute Gasteiger partial charge is 0.399 e. The maximum Gasteiger partial charge on any atom is 0.494 e. The third-order valence-corrected chi connectivity index (χ3v) is 27.9. The van der Waals surface area contributed by atoms with Crippen molar-refractivity contribution in [2.75, 3.05) is 0 Å². The number of rotatable bonds is 13. The van der Waals surface area contributed by atoms with Gasteiger partial charge in [0.25, 0.3) is 0 Å². The Hall–Kier alpha value is -14.7. The molecule has 9 nitrogen and oxygen atoms in total. The van der Waals surface area contributed by atoms with Crippen LogP contribution in [0.3, 0.4) is 0 Å². The fraction of sp³-hybridized carbons (Fsp3) is 0.107. The van der Waals surface area contributed by atoms with Crippen molar-refractivity contribution in [3.05, 3.63) is 433 Å². The lowest BCUT2D eigenvalue weighted by atomic mass is 9.70. The zero-order chi connectivity index (χ0) is 91.1. The van der Waals surface area contributed by atoms with Crippen molar-refractivity contribution in [3.8, 4) is 129 Å². The van der Waals surface area contributed by atoms with E-state index in [1.165, 1.54) is 78.9 Å². The van der Waals surface area contributed by atoms with Crippen molar-refractivity contribution in [3.63, 3.8) is 0 Å². The number of nitrogens with zero attached hydrogens (tertiary/aromatic N) is 4. The first-order chi connectivity index (χ1) is 63.6. The largest absolute Gasteiger partial charge is 0.494 e. The van der Waals surface area contributed by atoms with Gasteiger partial charge in [0.2, 0.25) is 0 Å². The summed E-state index contributed by atoms with van der Waals surface area (Å²) in [6.45, 7) is 8.29. The molecule has 0 N–H and O–H groups in total. The minimum Gasteiger partial charge on any atom is -0.399 e. The molecule has 0 unspecified atom stereocenters. The fourth-order valence-corrected chi connectivity index (χ4v) is 20.7. The number of fused-ring (bicyclic) bond motifs is 22. The Balaban J connectivity index is 0.000000123. The maximum absolute atomic E-state index is 14.2. The Bertz CT molecular complexity index is 7650. The van der Waals surface area contributed by atoms with E-state index in [9.17, 15) is 47.9 Å². The van der Waals surface area contributed by atoms with Crippen LogP contribution in [0.15, 0.2) is 389 Å². The summed E-state index contributed by atoms with van der Waals surface area (Å²) in [5, 5.41) is -4.72. The van der Waals surface area contributed by atoms with E-state index in [0.29, 0.717) is 11.1 Å². The topological polar surface area (TPSA) is 113 Å². The van der Waals surface area contributed by atoms with Crippen LogP contribution in [0.25, 0.3) is 145 Å². The second-order valence-corrected chi connectivity index (χ2v) is 36.0. The molecule has 1 aliphatic heterocycles. The van der Waals surface area contributed by atoms with Crippen LogP contribution in [-0.4, -0.2) is 70.0 Å². The molecule has 5 aliphatic rings. The normalized spacial score (nSPS) is 14.8. The number of para-hydroxylation sites is 2. The van der Waals surface area contributed by atoms with Crippen LogP contribution in [0.4, 0.5) is 39.5 Å². The van der Waals surface area contributed by atoms with Crippen molar-refractivity contribution in [2.45, 2.75) is 73.0 Å². The lowest BCUT2D eigenvalue weighted by Crippen LogP contribution is -2.63. The van der Waals surface area contributed by atoms with Crippen molar-refractivity contribution >= 4 is 44.5 Å². The monoisotopic (exact) mass is 1770 g/mol. The molecule has 4 aliphatic carbocycles. The molecule has 4 aromatic heterocycles. The Morgan fingerprint density at radius 3 is 1.05 bits per heavy atom. The molecular formula is C112H76BF9N4O5S. The molecule has 132 heavy (non-hydrogen) atoms. The maximum atomic E-state index is 14.2. The summed E-state index contributed by atoms with van der Waals surface area (Å²) in [5.74, 6) is -15.8. The molecule has 1 saturated heterocycles. The van der Waals surface area contributed by atoms with Gasteiger partial charge in [-0.25, -0.2) is 9.97 Å². The van der Waals surface area contributed by atoms with Crippen LogP contribution in [-0.2, 0) is 30.3 Å². The van der Waals surface area contributed by atoms with E-state index in [2.05, 4.69) is 254 Å². The summed E-state index contributed by atoms with van der Waals surface area (Å²) in [6.07, 6.45) is -3.57. The second-order valence-electron chi connectivity index (χ2n) is 34.4. The summed E-state index contributed by atoms with van der Waals surface area (Å²) >= 11 is 0. The van der Waals surface area contributed by atoms with Gasteiger partial charge >= 0.3 is 40.5 Å². The molecular weight excluding hydrogens is 1700 g/mol. The third-order valence-electron chi connectivity index (χ3n) is 26.6. The number of pyridine rings is 4. The van der Waals surface area contributed by atoms with Crippen LogP contribution < -0.4 is 9.65 Å². The standard InChI is InChI=1S/C51H32N2.C35H19F9O3S.C26H25BN2O2/c1-5-20-43-38(15-1)39-16-2-6-21-44(39)51(43)45-22-7-3-18-41(45)50-37(19-12-23-46(50)51)36-14-11-13-35(31-36)33-26-28-34(29-27-33)42-32-49(48-25-9-10-30-52-48)53-47-24-8-4-17-40(42)47;36-32(37,34(40,41)42)33(38,39)35(43,44)48(45,46)47-21-18-16-20(17-19-21)22-11-7-15-29-30(22)25-10-3-6-14-28(25)31(29)26-12-4-1-8-23(26)24-9-2-5-13-27(24)31;1-25(2)26(3,4)31-27(30-25)19-14-12-18(13-15-19)21-17-24(23-11-7-8-16-28-23)29-22-10-6-5-9-20(21)22/h1-32H;1-19H;5-17H,1-4H3. The van der Waals surface area contributed by atoms with E-state index in [1.807, 2.05) is 140 Å². The summed E-state index contributed by atoms with van der Waals surface area (Å²) in [7, 11) is -7.44. The van der Waals surface area contributed by atoms with Gasteiger partial charge in [-0.2, -0.15) is 47.9 Å². The highest BCUT2D eigenvalue weighted by Crippen LogP contribution is 2.67. The van der Waals surface area contributed by atoms with Gasteiger partial charge in [-0.15, -0.1) is 0 Å². The highest BCUT2D eigenvalue weighted by atomic mass is 32.2. The van der Waals surface area contributed by atoms with Gasteiger partial charge in [0.1, 0.15) is 5.75 Å². The summed E-state index contributed by atoms with van der Waals surface area (Å²) < 4.78 is 161. The van der Waals surface area contributed by atoms with Crippen molar-refractivity contribution in [1.29, 1.82) is 0 Å². The van der Waals surface area contributed by atoms with Gasteiger partial charge in [0, 0.05) is 23.2 Å². The van der Waals surface area contributed by atoms with Gasteiger partial charge in [0.15, 0.2) is 0 Å². The van der Waals surface area contributed by atoms with Gasteiger partial charge in [-0.1, -0.05) is 309 Å². The van der Waals surface area contributed by atoms with Crippen LogP contribution in [0.2, 0.25) is 0 Å². The summed E-state index contributed by atoms with van der Waals surface area (Å²) in [6, 6.07) is 127. The van der Waals surface area contributed by atoms with Crippen LogP contribution in [0.5, 0.6) is 5.75 Å². The number of hydrogen-bond donors (Lipinski definition) is 0. The van der Waals surface area contributed by atoms with Gasteiger partial charge in [-0.05, 0) is 245 Å². The van der Waals surface area contributed by atoms with Gasteiger partial charge < -0.3 is 13.5 Å². The minimum atomic E-state index is -7.40. The first kappa shape index (κ1) is 84.2. The van der Waals surface area contributed by atoms with E-state index < -0.39 is 44.6 Å². The molecule has 1 fully saturated rings. The Morgan fingerprint density at radius 2 is 0.629 bits per heavy atom. The molecule has 18 aromatic rings. The molecule has 646 valence electrons. The molecule has 14 aromatic carbocycles. The van der Waals surface area contributed by atoms with Gasteiger partial charge in [-0.3, -0.25) is 9.97 Å². The lowest BCUT2D eigenvalue weighted by molar-refractivity contribution is -0.382. The molecule has 0 radical (unpaired) electrons. The van der Waals surface area contributed by atoms with Gasteiger partial charge in [0.05, 0.1) is 55.8 Å². The molecule has 23 rings (SSSR count). The average Bonchev–Trinajstić information content (AvgIpc) is 1.51. The Morgan fingerprint density at radius 1 is 0.295 bits per heavy atom. The zero-order valence-electron chi connectivity index (χ0n) is 71.2. The molecule has 0 bridgehead atoms. The van der Waals surface area contributed by atoms with Crippen molar-refractivity contribution in [2.24, 2.45) is 0 Å². The molecule has 2 spiro atoms. The van der Waals surface area contributed by atoms with Crippen LogP contribution in [0.1, 0.15) is 72.2 Å². The van der Waals surface area contributed by atoms with E-state index in [1.54, 1.807) is 12.3 Å². The fourth-order valence-electron chi connectivity index (χ4n) is 19.8. The quantitative estimate of drug-likeness (QED) is 0.0632. The second kappa shape index (κ2) is 31.6. The van der Waals surface area contributed by atoms with Crippen molar-refractivity contribution < 1.29 is 61.4 Å². The zero-order valence-corrected chi connectivity index (χ0v) is 72.0. The van der Waals surface area contributed by atoms with E-state index in [4.69, 9.17) is 19.3 Å². The van der Waals surface area contributed by atoms with Crippen LogP contribution in [0, 0.1) is 0 Å². The predicted molar refractivity (Wildman–Crippen MR) is 502 cm³/mol. The number of alkyl halides is 9. The molecule has 0 amide bonds. The predicted octanol–water partition coefficient (Wildman–Crippen LogP) is 27.7. The highest BCUT2D eigenvalue weighted by molar-refractivity contribution is 7.88. The molecule has 5 heterocycles. The SMILES string of the molecule is CC1(C)OB(c2ccc(-c3cc(-c4ccccn4)nc4ccccc34)cc2)OC1(C)C.O=S(=O)(Oc1ccc(-c2cccc3c2-c2ccccc2C32c3ccccc3-c3ccccc32)cc1)C(F)(F)C(F)(F)C(F)(F)C(F)(F)F.c1ccc(-c2cc(-c3ccc(-c4cccc(-c5cccc6c5-c5ccccc5C65c6ccccc6-c6ccccc65)c4)cc3)c3ccccc3n2)nc1. The summed E-state index contributed by atoms with van der Waals surface area (Å²) in [5.41, 5.74) is 33.7. The van der Waals surface area contributed by atoms with Crippen LogP contribution >= 0.6 is 0 Å². The Labute approximate surface area is 755 Å². The van der Waals surface area contributed by atoms with E-state index in [-0.39, 0.29) is 23.7 Å². The molecule has 20 heteroatoms. The molecule has 0 atom stereocenters. The van der Waals surface area contributed by atoms with Crippen molar-refractivity contribution in [1.82, 2.24) is 19.9 Å². The lowest BCUT2D eigenvalue weighted by Gasteiger charge is -2.32. The van der Waals surface area contributed by atoms with E-state index >= 15 is 0 Å². The number of halogens is 9. The summed E-state index contributed by atoms with van der Waals surface area (Å²) in [4.78, 5) is 18.9. The average molecular weight is 1770 g/mol. The first-order valence-electron chi connectivity index (χ1n) is 43.0. The third kappa shape index (κ3) is 13.2. The number of aromatic nitrogens is 4. The first-order valence-corrected chi connectivity index (χ1v) is 44.4. The number of benzene rings is 14. The molecule has 0 saturated carbocycles. The number of hydrogen-bond acceptors (Lipinski definition) is 9. The highest BCUT2D eigenvalue weighted by Gasteiger charge is 2.86. The Kier molecular flexibility index (Phi) is 20.1.